The number of nitriles is 1. The molecule has 1 fully saturated rings. The molecule has 1 saturated heterocycles. The molecular weight excluding hydrogens is 212 g/mol. The molecule has 0 radical (unpaired) electrons. The molecule has 17 heavy (non-hydrogen) atoms. The minimum atomic E-state index is -0.769. The van der Waals surface area contributed by atoms with E-state index < -0.39 is 5.60 Å². The summed E-state index contributed by atoms with van der Waals surface area (Å²) in [6, 6.07) is 12.1. The first kappa shape index (κ1) is 11.8. The first-order chi connectivity index (χ1) is 8.22. The van der Waals surface area contributed by atoms with Gasteiger partial charge < -0.3 is 5.11 Å². The van der Waals surface area contributed by atoms with E-state index in [2.05, 4.69) is 29.2 Å². The van der Waals surface area contributed by atoms with Gasteiger partial charge in [0.25, 0.3) is 0 Å². The number of likely N-dealkylation sites (tertiary alicyclic amines) is 1. The standard InChI is InChI=1S/C14H16N2O/c15-9-8-14(17)11-16(12-14)10-4-7-13-5-2-1-3-6-13/h1-7,17H,8,10-12H2/b7-4+. The van der Waals surface area contributed by atoms with Crippen molar-refractivity contribution in [2.75, 3.05) is 19.6 Å². The van der Waals surface area contributed by atoms with Crippen molar-refractivity contribution in [1.82, 2.24) is 4.90 Å². The van der Waals surface area contributed by atoms with Crippen molar-refractivity contribution < 1.29 is 5.11 Å². The van der Waals surface area contributed by atoms with E-state index in [1.807, 2.05) is 24.3 Å². The number of β-amino-alcohol motifs (C(OH)–C–C–N with tert-alkyl or cyclic N) is 1. The van der Waals surface area contributed by atoms with Crippen molar-refractivity contribution in [3.05, 3.63) is 42.0 Å². The molecule has 0 saturated carbocycles. The number of aliphatic hydroxyl groups is 1. The second-order valence-electron chi connectivity index (χ2n) is 4.54. The predicted octanol–water partition coefficient (Wildman–Crippen LogP) is 1.66. The number of benzene rings is 1. The summed E-state index contributed by atoms with van der Waals surface area (Å²) in [6.45, 7) is 2.02. The molecule has 0 bridgehead atoms. The highest BCUT2D eigenvalue weighted by molar-refractivity contribution is 5.48. The summed E-state index contributed by atoms with van der Waals surface area (Å²) >= 11 is 0. The second-order valence-corrected chi connectivity index (χ2v) is 4.54. The molecule has 3 nitrogen and oxygen atoms in total. The Morgan fingerprint density at radius 2 is 2.06 bits per heavy atom. The van der Waals surface area contributed by atoms with Crippen molar-refractivity contribution in [1.29, 1.82) is 5.26 Å². The third-order valence-corrected chi connectivity index (χ3v) is 2.92. The first-order valence-electron chi connectivity index (χ1n) is 5.75. The van der Waals surface area contributed by atoms with Crippen LogP contribution in [-0.2, 0) is 0 Å². The fourth-order valence-corrected chi connectivity index (χ4v) is 2.08. The van der Waals surface area contributed by atoms with Crippen LogP contribution in [0.1, 0.15) is 12.0 Å². The van der Waals surface area contributed by atoms with Gasteiger partial charge in [-0.05, 0) is 5.56 Å². The zero-order chi connectivity index (χ0) is 12.1. The van der Waals surface area contributed by atoms with Crippen molar-refractivity contribution in [3.8, 4) is 6.07 Å². The van der Waals surface area contributed by atoms with Crippen molar-refractivity contribution in [2.24, 2.45) is 0 Å². The average Bonchev–Trinajstić information content (AvgIpc) is 2.28. The zero-order valence-corrected chi connectivity index (χ0v) is 9.71. The molecule has 88 valence electrons. The number of rotatable bonds is 4. The van der Waals surface area contributed by atoms with Crippen LogP contribution in [0.5, 0.6) is 0 Å². The molecule has 0 spiro atoms. The van der Waals surface area contributed by atoms with Crippen LogP contribution in [0.15, 0.2) is 36.4 Å². The minimum absolute atomic E-state index is 0.228. The van der Waals surface area contributed by atoms with Crippen LogP contribution in [-0.4, -0.2) is 35.2 Å². The molecular formula is C14H16N2O. The topological polar surface area (TPSA) is 47.3 Å². The molecule has 0 unspecified atom stereocenters. The van der Waals surface area contributed by atoms with Crippen LogP contribution in [0.3, 0.4) is 0 Å². The van der Waals surface area contributed by atoms with Crippen LogP contribution < -0.4 is 0 Å². The minimum Gasteiger partial charge on any atom is -0.386 e. The van der Waals surface area contributed by atoms with Crippen LogP contribution in [0.4, 0.5) is 0 Å². The van der Waals surface area contributed by atoms with Gasteiger partial charge in [-0.3, -0.25) is 4.90 Å². The number of hydrogen-bond acceptors (Lipinski definition) is 3. The van der Waals surface area contributed by atoms with E-state index in [0.29, 0.717) is 13.1 Å². The van der Waals surface area contributed by atoms with Crippen LogP contribution in [0, 0.1) is 11.3 Å². The van der Waals surface area contributed by atoms with E-state index in [-0.39, 0.29) is 6.42 Å². The van der Waals surface area contributed by atoms with Gasteiger partial charge in [0.05, 0.1) is 12.5 Å². The Hall–Kier alpha value is -1.63. The number of hydrogen-bond donors (Lipinski definition) is 1. The number of nitrogens with zero attached hydrogens (tertiary/aromatic N) is 2. The van der Waals surface area contributed by atoms with E-state index in [0.717, 1.165) is 6.54 Å². The maximum Gasteiger partial charge on any atom is 0.103 e. The Balaban J connectivity index is 1.75. The predicted molar refractivity (Wildman–Crippen MR) is 67.1 cm³/mol. The van der Waals surface area contributed by atoms with Gasteiger partial charge in [-0.1, -0.05) is 42.5 Å². The van der Waals surface area contributed by atoms with Gasteiger partial charge in [0.15, 0.2) is 0 Å². The molecule has 0 atom stereocenters. The summed E-state index contributed by atoms with van der Waals surface area (Å²) < 4.78 is 0. The summed E-state index contributed by atoms with van der Waals surface area (Å²) in [5, 5.41) is 18.3. The molecule has 3 heteroatoms. The lowest BCUT2D eigenvalue weighted by Gasteiger charge is -2.44. The fourth-order valence-electron chi connectivity index (χ4n) is 2.08. The highest BCUT2D eigenvalue weighted by Gasteiger charge is 2.40. The van der Waals surface area contributed by atoms with E-state index in [4.69, 9.17) is 5.26 Å². The second kappa shape index (κ2) is 5.13. The van der Waals surface area contributed by atoms with Crippen molar-refractivity contribution in [3.63, 3.8) is 0 Å². The van der Waals surface area contributed by atoms with Gasteiger partial charge >= 0.3 is 0 Å². The van der Waals surface area contributed by atoms with Gasteiger partial charge in [-0.15, -0.1) is 0 Å². The molecule has 2 rings (SSSR count). The molecule has 0 aromatic heterocycles. The Kier molecular flexibility index (Phi) is 3.58. The molecule has 0 amide bonds. The fraction of sp³-hybridized carbons (Fsp3) is 0.357. The smallest absolute Gasteiger partial charge is 0.103 e. The Morgan fingerprint density at radius 1 is 1.35 bits per heavy atom. The van der Waals surface area contributed by atoms with Crippen LogP contribution in [0.2, 0.25) is 0 Å². The van der Waals surface area contributed by atoms with Gasteiger partial charge in [0.1, 0.15) is 5.60 Å². The molecule has 1 aromatic carbocycles. The molecule has 0 aliphatic carbocycles. The third kappa shape index (κ3) is 3.16. The molecule has 1 aliphatic heterocycles. The van der Waals surface area contributed by atoms with E-state index in [9.17, 15) is 5.11 Å². The summed E-state index contributed by atoms with van der Waals surface area (Å²) in [4.78, 5) is 2.12. The Morgan fingerprint density at radius 3 is 2.71 bits per heavy atom. The highest BCUT2D eigenvalue weighted by Crippen LogP contribution is 2.23. The molecule has 1 heterocycles. The maximum absolute atomic E-state index is 9.81. The zero-order valence-electron chi connectivity index (χ0n) is 9.71. The molecule has 1 aromatic rings. The largest absolute Gasteiger partial charge is 0.386 e. The van der Waals surface area contributed by atoms with Crippen LogP contribution in [0.25, 0.3) is 6.08 Å². The summed E-state index contributed by atoms with van der Waals surface area (Å²) in [5.41, 5.74) is 0.412. The summed E-state index contributed by atoms with van der Waals surface area (Å²) in [6.07, 6.45) is 4.38. The van der Waals surface area contributed by atoms with Gasteiger partial charge in [-0.25, -0.2) is 0 Å². The Labute approximate surface area is 102 Å². The maximum atomic E-state index is 9.81. The first-order valence-corrected chi connectivity index (χ1v) is 5.75. The molecule has 1 N–H and O–H groups in total. The normalized spacial score (nSPS) is 18.8. The summed E-state index contributed by atoms with van der Waals surface area (Å²) in [7, 11) is 0. The average molecular weight is 228 g/mol. The van der Waals surface area contributed by atoms with Gasteiger partial charge in [0.2, 0.25) is 0 Å². The van der Waals surface area contributed by atoms with Gasteiger partial charge in [0, 0.05) is 19.6 Å². The third-order valence-electron chi connectivity index (χ3n) is 2.92. The molecule has 1 aliphatic rings. The lowest BCUT2D eigenvalue weighted by molar-refractivity contribution is -0.0884. The highest BCUT2D eigenvalue weighted by atomic mass is 16.3. The van der Waals surface area contributed by atoms with Crippen LogP contribution >= 0.6 is 0 Å². The van der Waals surface area contributed by atoms with E-state index >= 15 is 0 Å². The summed E-state index contributed by atoms with van der Waals surface area (Å²) in [5.74, 6) is 0. The Bertz CT molecular complexity index is 427. The lowest BCUT2D eigenvalue weighted by Crippen LogP contribution is -2.61. The quantitative estimate of drug-likeness (QED) is 0.852. The van der Waals surface area contributed by atoms with Crippen molar-refractivity contribution in [2.45, 2.75) is 12.0 Å². The van der Waals surface area contributed by atoms with Crippen molar-refractivity contribution >= 4 is 6.08 Å². The monoisotopic (exact) mass is 228 g/mol. The van der Waals surface area contributed by atoms with Gasteiger partial charge in [-0.2, -0.15) is 5.26 Å². The SMILES string of the molecule is N#CCC1(O)CN(C/C=C/c2ccccc2)C1. The van der Waals surface area contributed by atoms with E-state index in [1.54, 1.807) is 0 Å². The van der Waals surface area contributed by atoms with E-state index in [1.165, 1.54) is 5.56 Å². The lowest BCUT2D eigenvalue weighted by atomic mass is 9.91.